The monoisotopic (exact) mass is 392 g/mol. The molecule has 2 aliphatic rings. The van der Waals surface area contributed by atoms with Crippen LogP contribution in [0.1, 0.15) is 61.8 Å². The fourth-order valence-electron chi connectivity index (χ4n) is 4.55. The van der Waals surface area contributed by atoms with Crippen LogP contribution < -0.4 is 11.0 Å². The summed E-state index contributed by atoms with van der Waals surface area (Å²) in [6.07, 6.45) is 6.44. The zero-order chi connectivity index (χ0) is 18.1. The van der Waals surface area contributed by atoms with Crippen LogP contribution in [0.4, 0.5) is 0 Å². The second kappa shape index (κ2) is 8.48. The molecule has 1 saturated heterocycles. The number of nitrogens with one attached hydrogen (secondary N) is 2. The third kappa shape index (κ3) is 3.78. The van der Waals surface area contributed by atoms with E-state index in [9.17, 15) is 9.59 Å². The minimum absolute atomic E-state index is 0. The van der Waals surface area contributed by atoms with Crippen molar-refractivity contribution in [3.05, 3.63) is 34.2 Å². The highest BCUT2D eigenvalue weighted by atomic mass is 35.5. The molecule has 2 heterocycles. The van der Waals surface area contributed by atoms with Crippen LogP contribution in [-0.2, 0) is 0 Å². The number of imidazole rings is 1. The van der Waals surface area contributed by atoms with Gasteiger partial charge in [0.1, 0.15) is 0 Å². The van der Waals surface area contributed by atoms with Gasteiger partial charge in [0, 0.05) is 30.7 Å². The second-order valence-corrected chi connectivity index (χ2v) is 7.62. The number of aromatic nitrogens is 2. The number of fused-ring (bicyclic) bond motifs is 1. The third-order valence-electron chi connectivity index (χ3n) is 5.85. The summed E-state index contributed by atoms with van der Waals surface area (Å²) in [7, 11) is 0. The van der Waals surface area contributed by atoms with Gasteiger partial charge in [0.05, 0.1) is 11.0 Å². The van der Waals surface area contributed by atoms with Crippen LogP contribution in [0, 0.1) is 0 Å². The maximum absolute atomic E-state index is 13.1. The first-order valence-electron chi connectivity index (χ1n) is 9.95. The first kappa shape index (κ1) is 20.0. The summed E-state index contributed by atoms with van der Waals surface area (Å²) in [5, 5.41) is 3.34. The molecule has 1 aliphatic heterocycles. The number of nitrogens with zero attached hydrogens (tertiary/aromatic N) is 2. The van der Waals surface area contributed by atoms with E-state index in [0.717, 1.165) is 56.4 Å². The Labute approximate surface area is 165 Å². The van der Waals surface area contributed by atoms with Gasteiger partial charge in [0.25, 0.3) is 5.91 Å². The van der Waals surface area contributed by atoms with Crippen molar-refractivity contribution in [3.8, 4) is 0 Å². The molecule has 0 bridgehead atoms. The smallest absolute Gasteiger partial charge is 0.326 e. The molecule has 6 nitrogen and oxygen atoms in total. The summed E-state index contributed by atoms with van der Waals surface area (Å²) in [5.41, 5.74) is 2.30. The molecule has 1 aromatic carbocycles. The van der Waals surface area contributed by atoms with Crippen LogP contribution in [0.5, 0.6) is 0 Å². The number of carbonyl (C=O) groups excluding carboxylic acids is 1. The van der Waals surface area contributed by atoms with Gasteiger partial charge < -0.3 is 15.2 Å². The van der Waals surface area contributed by atoms with Crippen molar-refractivity contribution in [2.75, 3.05) is 19.6 Å². The molecule has 1 atom stereocenters. The van der Waals surface area contributed by atoms with Gasteiger partial charge in [0.15, 0.2) is 0 Å². The lowest BCUT2D eigenvalue weighted by Gasteiger charge is -2.28. The second-order valence-electron chi connectivity index (χ2n) is 7.62. The first-order valence-corrected chi connectivity index (χ1v) is 9.95. The van der Waals surface area contributed by atoms with Crippen LogP contribution in [-0.4, -0.2) is 46.0 Å². The molecule has 1 saturated carbocycles. The van der Waals surface area contributed by atoms with Crippen LogP contribution in [0.3, 0.4) is 0 Å². The third-order valence-corrected chi connectivity index (χ3v) is 5.85. The lowest BCUT2D eigenvalue weighted by atomic mass is 10.1. The number of aromatic amines is 1. The van der Waals surface area contributed by atoms with Crippen LogP contribution in [0.25, 0.3) is 11.0 Å². The highest BCUT2D eigenvalue weighted by Crippen LogP contribution is 2.31. The molecule has 2 aromatic rings. The number of amides is 1. The number of carbonyl (C=O) groups is 1. The van der Waals surface area contributed by atoms with Gasteiger partial charge in [-0.15, -0.1) is 12.4 Å². The van der Waals surface area contributed by atoms with E-state index in [1.807, 2.05) is 27.7 Å². The van der Waals surface area contributed by atoms with Gasteiger partial charge in [-0.1, -0.05) is 19.8 Å². The summed E-state index contributed by atoms with van der Waals surface area (Å²) in [6, 6.07) is 6.24. The van der Waals surface area contributed by atoms with E-state index < -0.39 is 0 Å². The Morgan fingerprint density at radius 1 is 1.26 bits per heavy atom. The highest BCUT2D eigenvalue weighted by molar-refractivity contribution is 5.97. The molecule has 27 heavy (non-hydrogen) atoms. The summed E-state index contributed by atoms with van der Waals surface area (Å²) >= 11 is 0. The molecule has 1 unspecified atom stereocenters. The Hall–Kier alpha value is -1.79. The number of hydrogen-bond acceptors (Lipinski definition) is 3. The maximum Gasteiger partial charge on any atom is 0.326 e. The van der Waals surface area contributed by atoms with Crippen molar-refractivity contribution in [1.82, 2.24) is 19.8 Å². The van der Waals surface area contributed by atoms with Crippen molar-refractivity contribution >= 4 is 29.3 Å². The van der Waals surface area contributed by atoms with E-state index in [-0.39, 0.29) is 30.0 Å². The van der Waals surface area contributed by atoms with Gasteiger partial charge in [-0.3, -0.25) is 9.36 Å². The topological polar surface area (TPSA) is 70.1 Å². The quantitative estimate of drug-likeness (QED) is 0.821. The normalized spacial score (nSPS) is 20.1. The molecule has 148 valence electrons. The number of rotatable bonds is 5. The molecule has 0 radical (unpaired) electrons. The van der Waals surface area contributed by atoms with Crippen molar-refractivity contribution < 1.29 is 4.79 Å². The van der Waals surface area contributed by atoms with E-state index in [4.69, 9.17) is 0 Å². The average molecular weight is 393 g/mol. The molecule has 7 heteroatoms. The zero-order valence-electron chi connectivity index (χ0n) is 15.9. The molecule has 1 aliphatic carbocycles. The van der Waals surface area contributed by atoms with Crippen LogP contribution in [0.15, 0.2) is 23.0 Å². The molecule has 0 spiro atoms. The molecule has 2 N–H and O–H groups in total. The number of halogens is 1. The number of benzene rings is 1. The largest absolute Gasteiger partial charge is 0.334 e. The van der Waals surface area contributed by atoms with Gasteiger partial charge >= 0.3 is 5.69 Å². The molecule has 1 amide bonds. The lowest BCUT2D eigenvalue weighted by molar-refractivity contribution is 0.0692. The predicted octanol–water partition coefficient (Wildman–Crippen LogP) is 3.08. The Morgan fingerprint density at radius 2 is 2.04 bits per heavy atom. The molecule has 2 fully saturated rings. The number of H-pyrrole nitrogens is 1. The van der Waals surface area contributed by atoms with E-state index in [1.54, 1.807) is 0 Å². The van der Waals surface area contributed by atoms with Crippen molar-refractivity contribution in [2.24, 2.45) is 0 Å². The van der Waals surface area contributed by atoms with Gasteiger partial charge in [-0.05, 0) is 50.4 Å². The van der Waals surface area contributed by atoms with Gasteiger partial charge in [-0.2, -0.15) is 0 Å². The van der Waals surface area contributed by atoms with Crippen LogP contribution >= 0.6 is 12.4 Å². The standard InChI is InChI=1S/C20H28N4O2.ClH/c1-2-11-23(16-9-10-21-13-16)19(25)14-7-8-18-17(12-14)22-20(26)24(18)15-5-3-4-6-15;/h7-8,12,15-16,21H,2-6,9-11,13H2,1H3,(H,22,26);1H. The Balaban J connectivity index is 0.00000210. The zero-order valence-corrected chi connectivity index (χ0v) is 16.7. The molecular weight excluding hydrogens is 364 g/mol. The minimum Gasteiger partial charge on any atom is -0.334 e. The van der Waals surface area contributed by atoms with E-state index in [1.165, 1.54) is 12.8 Å². The fourth-order valence-corrected chi connectivity index (χ4v) is 4.55. The van der Waals surface area contributed by atoms with Crippen LogP contribution in [0.2, 0.25) is 0 Å². The van der Waals surface area contributed by atoms with Crippen molar-refractivity contribution in [2.45, 2.75) is 57.5 Å². The molecule has 4 rings (SSSR count). The van der Waals surface area contributed by atoms with Gasteiger partial charge in [0.2, 0.25) is 0 Å². The lowest BCUT2D eigenvalue weighted by Crippen LogP contribution is -2.42. The van der Waals surface area contributed by atoms with Crippen molar-refractivity contribution in [1.29, 1.82) is 0 Å². The molecule has 1 aromatic heterocycles. The summed E-state index contributed by atoms with van der Waals surface area (Å²) < 4.78 is 1.89. The van der Waals surface area contributed by atoms with E-state index in [0.29, 0.717) is 11.6 Å². The van der Waals surface area contributed by atoms with Crippen molar-refractivity contribution in [3.63, 3.8) is 0 Å². The van der Waals surface area contributed by atoms with E-state index in [2.05, 4.69) is 17.2 Å². The Bertz CT molecular complexity index is 847. The SMILES string of the molecule is CCCN(C(=O)c1ccc2c(c1)[nH]c(=O)n2C1CCCC1)C1CCNC1.Cl. The Kier molecular flexibility index (Phi) is 6.27. The fraction of sp³-hybridized carbons (Fsp3) is 0.600. The predicted molar refractivity (Wildman–Crippen MR) is 110 cm³/mol. The average Bonchev–Trinajstić information content (AvgIpc) is 3.38. The summed E-state index contributed by atoms with van der Waals surface area (Å²) in [5.74, 6) is 0.0666. The number of hydrogen-bond donors (Lipinski definition) is 2. The first-order chi connectivity index (χ1) is 12.7. The van der Waals surface area contributed by atoms with Gasteiger partial charge in [-0.25, -0.2) is 4.79 Å². The highest BCUT2D eigenvalue weighted by Gasteiger charge is 2.27. The maximum atomic E-state index is 13.1. The van der Waals surface area contributed by atoms with E-state index >= 15 is 0 Å². The summed E-state index contributed by atoms with van der Waals surface area (Å²) in [6.45, 7) is 4.70. The minimum atomic E-state index is -0.0538. The Morgan fingerprint density at radius 3 is 2.70 bits per heavy atom. The summed E-state index contributed by atoms with van der Waals surface area (Å²) in [4.78, 5) is 30.5. The molecular formula is C20H29ClN4O2.